The van der Waals surface area contributed by atoms with Crippen LogP contribution in [-0.4, -0.2) is 42.0 Å². The van der Waals surface area contributed by atoms with Crippen molar-refractivity contribution in [3.8, 4) is 0 Å². The Morgan fingerprint density at radius 2 is 2.14 bits per heavy atom. The van der Waals surface area contributed by atoms with Crippen LogP contribution in [0.25, 0.3) is 10.9 Å². The number of nitrogens with one attached hydrogen (secondary N) is 1. The first-order valence-electron chi connectivity index (χ1n) is 6.80. The molecule has 21 heavy (non-hydrogen) atoms. The Bertz CT molecular complexity index is 663. The molecule has 0 bridgehead atoms. The summed E-state index contributed by atoms with van der Waals surface area (Å²) in [7, 11) is 1.66. The second-order valence-electron chi connectivity index (χ2n) is 4.79. The number of hydrogen-bond acceptors (Lipinski definition) is 4. The molecule has 0 spiro atoms. The number of benzene rings is 1. The monoisotopic (exact) mass is 289 g/mol. The summed E-state index contributed by atoms with van der Waals surface area (Å²) < 4.78 is 4.85. The lowest BCUT2D eigenvalue weighted by molar-refractivity contribution is -0.143. The van der Waals surface area contributed by atoms with E-state index in [1.54, 1.807) is 32.3 Å². The number of anilines is 1. The molecule has 2 rings (SSSR count). The SMILES string of the molecule is CCOC(=O)CCN(C)C(=O)c1c[nH]c2cc(N)ccc12. The van der Waals surface area contributed by atoms with Gasteiger partial charge in [-0.15, -0.1) is 0 Å². The number of nitrogen functional groups attached to an aromatic ring is 1. The Morgan fingerprint density at radius 3 is 2.86 bits per heavy atom. The Balaban J connectivity index is 2.09. The molecule has 6 nitrogen and oxygen atoms in total. The number of hydrogen-bond donors (Lipinski definition) is 2. The van der Waals surface area contributed by atoms with E-state index in [1.807, 2.05) is 6.07 Å². The molecule has 1 amide bonds. The molecule has 3 N–H and O–H groups in total. The minimum Gasteiger partial charge on any atom is -0.466 e. The van der Waals surface area contributed by atoms with Gasteiger partial charge < -0.3 is 20.4 Å². The zero-order chi connectivity index (χ0) is 15.4. The van der Waals surface area contributed by atoms with Crippen molar-refractivity contribution in [2.75, 3.05) is 25.9 Å². The standard InChI is InChI=1S/C15H19N3O3/c1-3-21-14(19)6-7-18(2)15(20)12-9-17-13-8-10(16)4-5-11(12)13/h4-5,8-9,17H,3,6-7,16H2,1-2H3. The maximum Gasteiger partial charge on any atom is 0.307 e. The molecule has 112 valence electrons. The lowest BCUT2D eigenvalue weighted by Gasteiger charge is -2.16. The van der Waals surface area contributed by atoms with Gasteiger partial charge in [0.25, 0.3) is 5.91 Å². The highest BCUT2D eigenvalue weighted by Gasteiger charge is 2.17. The van der Waals surface area contributed by atoms with Crippen LogP contribution in [0.4, 0.5) is 5.69 Å². The minimum absolute atomic E-state index is 0.143. The zero-order valence-corrected chi connectivity index (χ0v) is 12.2. The number of aromatic nitrogens is 1. The minimum atomic E-state index is -0.302. The quantitative estimate of drug-likeness (QED) is 0.648. The van der Waals surface area contributed by atoms with Crippen molar-refractivity contribution in [3.63, 3.8) is 0 Å². The predicted octanol–water partition coefficient (Wildman–Crippen LogP) is 1.78. The van der Waals surface area contributed by atoms with Gasteiger partial charge in [-0.1, -0.05) is 0 Å². The van der Waals surface area contributed by atoms with Crippen LogP contribution in [0.2, 0.25) is 0 Å². The van der Waals surface area contributed by atoms with Gasteiger partial charge in [0, 0.05) is 36.4 Å². The van der Waals surface area contributed by atoms with Gasteiger partial charge in [0.2, 0.25) is 0 Å². The van der Waals surface area contributed by atoms with E-state index in [2.05, 4.69) is 4.98 Å². The number of rotatable bonds is 5. The largest absolute Gasteiger partial charge is 0.466 e. The first kappa shape index (κ1) is 14.9. The number of nitrogens with two attached hydrogens (primary N) is 1. The number of nitrogens with zero attached hydrogens (tertiary/aromatic N) is 1. The lowest BCUT2D eigenvalue weighted by atomic mass is 10.1. The van der Waals surface area contributed by atoms with Crippen LogP contribution >= 0.6 is 0 Å². The number of carbonyl (C=O) groups excluding carboxylic acids is 2. The average molecular weight is 289 g/mol. The van der Waals surface area contributed by atoms with E-state index in [0.717, 1.165) is 10.9 Å². The van der Waals surface area contributed by atoms with E-state index in [-0.39, 0.29) is 18.3 Å². The molecular formula is C15H19N3O3. The van der Waals surface area contributed by atoms with E-state index in [9.17, 15) is 9.59 Å². The van der Waals surface area contributed by atoms with E-state index in [4.69, 9.17) is 10.5 Å². The van der Waals surface area contributed by atoms with Crippen LogP contribution in [0.15, 0.2) is 24.4 Å². The van der Waals surface area contributed by atoms with Gasteiger partial charge in [0.05, 0.1) is 18.6 Å². The highest BCUT2D eigenvalue weighted by atomic mass is 16.5. The molecule has 0 atom stereocenters. The summed E-state index contributed by atoms with van der Waals surface area (Å²) in [5.41, 5.74) is 7.73. The molecule has 0 radical (unpaired) electrons. The molecule has 0 fully saturated rings. The summed E-state index contributed by atoms with van der Waals surface area (Å²) >= 11 is 0. The smallest absolute Gasteiger partial charge is 0.307 e. The van der Waals surface area contributed by atoms with Crippen molar-refractivity contribution < 1.29 is 14.3 Å². The molecule has 0 aliphatic rings. The van der Waals surface area contributed by atoms with Crippen molar-refractivity contribution in [3.05, 3.63) is 30.0 Å². The third-order valence-electron chi connectivity index (χ3n) is 3.24. The maximum absolute atomic E-state index is 12.4. The first-order chi connectivity index (χ1) is 10.0. The van der Waals surface area contributed by atoms with E-state index >= 15 is 0 Å². The Morgan fingerprint density at radius 1 is 1.38 bits per heavy atom. The summed E-state index contributed by atoms with van der Waals surface area (Å²) in [5, 5.41) is 0.817. The third kappa shape index (κ3) is 3.34. The average Bonchev–Trinajstić information content (AvgIpc) is 2.87. The highest BCUT2D eigenvalue weighted by molar-refractivity contribution is 6.07. The number of amides is 1. The molecule has 0 saturated carbocycles. The predicted molar refractivity (Wildman–Crippen MR) is 80.9 cm³/mol. The van der Waals surface area contributed by atoms with E-state index in [0.29, 0.717) is 24.4 Å². The Labute approximate surface area is 122 Å². The molecule has 1 aromatic carbocycles. The van der Waals surface area contributed by atoms with Gasteiger partial charge in [0.15, 0.2) is 0 Å². The number of esters is 1. The van der Waals surface area contributed by atoms with Crippen LogP contribution < -0.4 is 5.73 Å². The van der Waals surface area contributed by atoms with Crippen LogP contribution in [0, 0.1) is 0 Å². The van der Waals surface area contributed by atoms with E-state index in [1.165, 1.54) is 4.90 Å². The second kappa shape index (κ2) is 6.30. The van der Waals surface area contributed by atoms with Crippen LogP contribution in [0.5, 0.6) is 0 Å². The van der Waals surface area contributed by atoms with Crippen molar-refractivity contribution in [2.24, 2.45) is 0 Å². The summed E-state index contributed by atoms with van der Waals surface area (Å²) in [6.07, 6.45) is 1.85. The molecule has 0 aliphatic heterocycles. The first-order valence-corrected chi connectivity index (χ1v) is 6.80. The van der Waals surface area contributed by atoms with Gasteiger partial charge in [-0.3, -0.25) is 9.59 Å². The van der Waals surface area contributed by atoms with Gasteiger partial charge in [-0.05, 0) is 25.1 Å². The fourth-order valence-electron chi connectivity index (χ4n) is 2.12. The van der Waals surface area contributed by atoms with Crippen LogP contribution in [0.3, 0.4) is 0 Å². The fourth-order valence-corrected chi connectivity index (χ4v) is 2.12. The summed E-state index contributed by atoms with van der Waals surface area (Å²) in [5.74, 6) is -0.445. The van der Waals surface area contributed by atoms with Crippen molar-refractivity contribution in [1.82, 2.24) is 9.88 Å². The van der Waals surface area contributed by atoms with Gasteiger partial charge >= 0.3 is 5.97 Å². The molecule has 1 aromatic heterocycles. The van der Waals surface area contributed by atoms with Crippen LogP contribution in [-0.2, 0) is 9.53 Å². The normalized spacial score (nSPS) is 10.6. The van der Waals surface area contributed by atoms with E-state index < -0.39 is 0 Å². The Kier molecular flexibility index (Phi) is 4.47. The molecule has 1 heterocycles. The molecule has 6 heteroatoms. The molecular weight excluding hydrogens is 270 g/mol. The molecule has 0 aliphatic carbocycles. The Hall–Kier alpha value is -2.50. The third-order valence-corrected chi connectivity index (χ3v) is 3.24. The van der Waals surface area contributed by atoms with Gasteiger partial charge in [-0.2, -0.15) is 0 Å². The van der Waals surface area contributed by atoms with Crippen molar-refractivity contribution >= 4 is 28.5 Å². The zero-order valence-electron chi connectivity index (χ0n) is 12.2. The summed E-state index contributed by atoms with van der Waals surface area (Å²) in [6, 6.07) is 5.35. The van der Waals surface area contributed by atoms with Gasteiger partial charge in [-0.25, -0.2) is 0 Å². The number of H-pyrrole nitrogens is 1. The maximum atomic E-state index is 12.4. The van der Waals surface area contributed by atoms with Crippen LogP contribution in [0.1, 0.15) is 23.7 Å². The summed E-state index contributed by atoms with van der Waals surface area (Å²) in [6.45, 7) is 2.42. The van der Waals surface area contributed by atoms with Crippen molar-refractivity contribution in [2.45, 2.75) is 13.3 Å². The van der Waals surface area contributed by atoms with Crippen molar-refractivity contribution in [1.29, 1.82) is 0 Å². The molecule has 0 unspecified atom stereocenters. The second-order valence-corrected chi connectivity index (χ2v) is 4.79. The topological polar surface area (TPSA) is 88.4 Å². The number of aromatic amines is 1. The number of fused-ring (bicyclic) bond motifs is 1. The molecule has 2 aromatic rings. The highest BCUT2D eigenvalue weighted by Crippen LogP contribution is 2.21. The fraction of sp³-hybridized carbons (Fsp3) is 0.333. The summed E-state index contributed by atoms with van der Waals surface area (Å²) in [4.78, 5) is 28.3. The van der Waals surface area contributed by atoms with Gasteiger partial charge in [0.1, 0.15) is 0 Å². The number of carbonyl (C=O) groups is 2. The lowest BCUT2D eigenvalue weighted by Crippen LogP contribution is -2.29. The number of ether oxygens (including phenoxy) is 1. The molecule has 0 saturated heterocycles.